The van der Waals surface area contributed by atoms with E-state index in [0.717, 1.165) is 19.5 Å². The first-order valence-corrected chi connectivity index (χ1v) is 6.51. The van der Waals surface area contributed by atoms with Gasteiger partial charge in [0.2, 0.25) is 0 Å². The zero-order chi connectivity index (χ0) is 11.0. The molecule has 0 amide bonds. The van der Waals surface area contributed by atoms with Crippen LogP contribution in [0, 0.1) is 0 Å². The van der Waals surface area contributed by atoms with Crippen molar-refractivity contribution in [2.24, 2.45) is 0 Å². The number of nitrogens with one attached hydrogen (secondary N) is 1. The van der Waals surface area contributed by atoms with Crippen LogP contribution < -0.4 is 5.32 Å². The molecule has 1 N–H and O–H groups in total. The number of hydrogen-bond acceptors (Lipinski definition) is 3. The minimum atomic E-state index is 0.552. The highest BCUT2D eigenvalue weighted by molar-refractivity contribution is 5.08. The fraction of sp³-hybridized carbons (Fsp3) is 0.833. The van der Waals surface area contributed by atoms with Gasteiger partial charge in [-0.25, -0.2) is 0 Å². The van der Waals surface area contributed by atoms with Crippen LogP contribution in [-0.4, -0.2) is 27.4 Å². The molecule has 1 aromatic rings. The van der Waals surface area contributed by atoms with Gasteiger partial charge in [0.05, 0.1) is 0 Å². The summed E-state index contributed by atoms with van der Waals surface area (Å²) in [6.45, 7) is 4.50. The summed E-state index contributed by atoms with van der Waals surface area (Å²) < 4.78 is 2.39. The molecule has 0 bridgehead atoms. The second kappa shape index (κ2) is 4.17. The Labute approximate surface area is 96.4 Å². The third-order valence-electron chi connectivity index (χ3n) is 3.99. The van der Waals surface area contributed by atoms with Crippen molar-refractivity contribution in [3.63, 3.8) is 0 Å². The molecule has 4 heteroatoms. The summed E-state index contributed by atoms with van der Waals surface area (Å²) in [6, 6.07) is 0.552. The predicted octanol–water partition coefficient (Wildman–Crippen LogP) is 1.47. The van der Waals surface area contributed by atoms with Gasteiger partial charge >= 0.3 is 0 Å². The highest BCUT2D eigenvalue weighted by Gasteiger charge is 2.30. The first-order chi connectivity index (χ1) is 7.86. The van der Waals surface area contributed by atoms with Crippen LogP contribution in [0.15, 0.2) is 0 Å². The Morgan fingerprint density at radius 3 is 3.00 bits per heavy atom. The van der Waals surface area contributed by atoms with Crippen LogP contribution in [0.1, 0.15) is 50.2 Å². The molecule has 2 aliphatic heterocycles. The molecule has 3 heterocycles. The summed E-state index contributed by atoms with van der Waals surface area (Å²) >= 11 is 0. The van der Waals surface area contributed by atoms with E-state index < -0.39 is 0 Å². The maximum atomic E-state index is 4.44. The predicted molar refractivity (Wildman–Crippen MR) is 62.4 cm³/mol. The Hall–Kier alpha value is -0.900. The van der Waals surface area contributed by atoms with Gasteiger partial charge in [0.25, 0.3) is 0 Å². The van der Waals surface area contributed by atoms with Gasteiger partial charge in [0, 0.05) is 24.9 Å². The molecule has 1 saturated heterocycles. The van der Waals surface area contributed by atoms with E-state index in [1.165, 1.54) is 37.3 Å². The van der Waals surface area contributed by atoms with Crippen molar-refractivity contribution in [1.29, 1.82) is 0 Å². The van der Waals surface area contributed by atoms with Crippen LogP contribution in [0.5, 0.6) is 0 Å². The van der Waals surface area contributed by atoms with E-state index in [4.69, 9.17) is 0 Å². The molecule has 0 spiro atoms. The van der Waals surface area contributed by atoms with E-state index in [-0.39, 0.29) is 0 Å². The number of hydrogen-bond donors (Lipinski definition) is 1. The summed E-state index contributed by atoms with van der Waals surface area (Å²) in [5, 5.41) is 12.3. The Bertz CT molecular complexity index is 371. The van der Waals surface area contributed by atoms with Gasteiger partial charge in [-0.1, -0.05) is 6.42 Å². The molecule has 0 radical (unpaired) electrons. The summed E-state index contributed by atoms with van der Waals surface area (Å²) in [7, 11) is 0. The first-order valence-electron chi connectivity index (χ1n) is 6.51. The van der Waals surface area contributed by atoms with E-state index >= 15 is 0 Å². The van der Waals surface area contributed by atoms with Gasteiger partial charge in [-0.2, -0.15) is 0 Å². The standard InChI is InChI=1S/C12H20N4/c1-9-10(6-7-13-9)12-15-14-11-5-3-2-4-8-16(11)12/h9-10,13H,2-8H2,1H3. The zero-order valence-corrected chi connectivity index (χ0v) is 9.95. The van der Waals surface area contributed by atoms with E-state index in [2.05, 4.69) is 27.0 Å². The number of fused-ring (bicyclic) bond motifs is 1. The second-order valence-electron chi connectivity index (χ2n) is 5.07. The van der Waals surface area contributed by atoms with E-state index in [9.17, 15) is 0 Å². The van der Waals surface area contributed by atoms with Crippen molar-refractivity contribution in [1.82, 2.24) is 20.1 Å². The Balaban J connectivity index is 1.92. The van der Waals surface area contributed by atoms with Crippen LogP contribution in [-0.2, 0) is 13.0 Å². The smallest absolute Gasteiger partial charge is 0.137 e. The van der Waals surface area contributed by atoms with E-state index in [1.807, 2.05) is 0 Å². The fourth-order valence-corrected chi connectivity index (χ4v) is 2.99. The van der Waals surface area contributed by atoms with Crippen molar-refractivity contribution in [3.8, 4) is 0 Å². The molecular weight excluding hydrogens is 200 g/mol. The maximum absolute atomic E-state index is 4.44. The quantitative estimate of drug-likeness (QED) is 0.779. The molecule has 2 aliphatic rings. The second-order valence-corrected chi connectivity index (χ2v) is 5.07. The van der Waals surface area contributed by atoms with Crippen LogP contribution in [0.25, 0.3) is 0 Å². The van der Waals surface area contributed by atoms with E-state index in [1.54, 1.807) is 0 Å². The third-order valence-corrected chi connectivity index (χ3v) is 3.99. The molecule has 1 fully saturated rings. The largest absolute Gasteiger partial charge is 0.315 e. The highest BCUT2D eigenvalue weighted by atomic mass is 15.3. The first kappa shape index (κ1) is 10.3. The lowest BCUT2D eigenvalue weighted by Crippen LogP contribution is -2.24. The van der Waals surface area contributed by atoms with Crippen LogP contribution in [0.2, 0.25) is 0 Å². The van der Waals surface area contributed by atoms with Crippen LogP contribution >= 0.6 is 0 Å². The molecule has 16 heavy (non-hydrogen) atoms. The van der Waals surface area contributed by atoms with Gasteiger partial charge in [0.15, 0.2) is 0 Å². The van der Waals surface area contributed by atoms with Crippen molar-refractivity contribution in [2.75, 3.05) is 6.54 Å². The lowest BCUT2D eigenvalue weighted by Gasteiger charge is -2.16. The van der Waals surface area contributed by atoms with Gasteiger partial charge in [-0.3, -0.25) is 0 Å². The molecule has 2 unspecified atom stereocenters. The van der Waals surface area contributed by atoms with Gasteiger partial charge < -0.3 is 9.88 Å². The molecule has 0 aromatic carbocycles. The average Bonchev–Trinajstić information content (AvgIpc) is 2.78. The van der Waals surface area contributed by atoms with Crippen molar-refractivity contribution in [3.05, 3.63) is 11.6 Å². The number of rotatable bonds is 1. The normalized spacial score (nSPS) is 30.1. The van der Waals surface area contributed by atoms with Crippen molar-refractivity contribution < 1.29 is 0 Å². The van der Waals surface area contributed by atoms with Crippen LogP contribution in [0.3, 0.4) is 0 Å². The molecule has 0 aliphatic carbocycles. The lowest BCUT2D eigenvalue weighted by atomic mass is 10.0. The van der Waals surface area contributed by atoms with E-state index in [0.29, 0.717) is 12.0 Å². The zero-order valence-electron chi connectivity index (χ0n) is 9.95. The molecule has 1 aromatic heterocycles. The lowest BCUT2D eigenvalue weighted by molar-refractivity contribution is 0.519. The Kier molecular flexibility index (Phi) is 2.67. The van der Waals surface area contributed by atoms with Gasteiger partial charge in [-0.15, -0.1) is 10.2 Å². The summed E-state index contributed by atoms with van der Waals surface area (Å²) in [5.74, 6) is 3.01. The monoisotopic (exact) mass is 220 g/mol. The molecule has 88 valence electrons. The average molecular weight is 220 g/mol. The van der Waals surface area contributed by atoms with Crippen molar-refractivity contribution in [2.45, 2.75) is 57.5 Å². The SMILES string of the molecule is CC1NCCC1c1nnc2n1CCCCC2. The van der Waals surface area contributed by atoms with Gasteiger partial charge in [0.1, 0.15) is 11.6 Å². The maximum Gasteiger partial charge on any atom is 0.137 e. The number of aryl methyl sites for hydroxylation is 1. The Morgan fingerprint density at radius 1 is 1.25 bits per heavy atom. The summed E-state index contributed by atoms with van der Waals surface area (Å²) in [4.78, 5) is 0. The van der Waals surface area contributed by atoms with Gasteiger partial charge in [-0.05, 0) is 32.7 Å². The van der Waals surface area contributed by atoms with Crippen LogP contribution in [0.4, 0.5) is 0 Å². The molecule has 4 nitrogen and oxygen atoms in total. The highest BCUT2D eigenvalue weighted by Crippen LogP contribution is 2.28. The number of nitrogens with zero attached hydrogens (tertiary/aromatic N) is 3. The fourth-order valence-electron chi connectivity index (χ4n) is 2.99. The summed E-state index contributed by atoms with van der Waals surface area (Å²) in [5.41, 5.74) is 0. The minimum absolute atomic E-state index is 0.552. The summed E-state index contributed by atoms with van der Waals surface area (Å²) in [6.07, 6.45) is 6.21. The molecule has 0 saturated carbocycles. The Morgan fingerprint density at radius 2 is 2.19 bits per heavy atom. The minimum Gasteiger partial charge on any atom is -0.315 e. The molecule has 3 rings (SSSR count). The van der Waals surface area contributed by atoms with Crippen molar-refractivity contribution >= 4 is 0 Å². The third kappa shape index (κ3) is 1.65. The topological polar surface area (TPSA) is 42.7 Å². The molecular formula is C12H20N4. The molecule has 2 atom stereocenters. The number of aromatic nitrogens is 3.